The van der Waals surface area contributed by atoms with Gasteiger partial charge in [-0.05, 0) is 123 Å². The third-order valence-corrected chi connectivity index (χ3v) is 15.6. The molecule has 0 spiro atoms. The summed E-state index contributed by atoms with van der Waals surface area (Å²) in [6.45, 7) is 65.4. The van der Waals surface area contributed by atoms with Gasteiger partial charge in [0.1, 0.15) is 0 Å². The molecule has 0 unspecified atom stereocenters. The van der Waals surface area contributed by atoms with Gasteiger partial charge in [0.2, 0.25) is 0 Å². The predicted octanol–water partition coefficient (Wildman–Crippen LogP) is 15.8. The fraction of sp³-hybridized carbons (Fsp3) is 0.655. The smallest absolute Gasteiger partial charge is 0.00933 e. The van der Waals surface area contributed by atoms with Gasteiger partial charge in [0.15, 0.2) is 0 Å². The fourth-order valence-corrected chi connectivity index (χ4v) is 13.4. The molecule has 2 heteroatoms. The highest BCUT2D eigenvalue weighted by atomic mass is 31.1. The van der Waals surface area contributed by atoms with Gasteiger partial charge >= 0.3 is 0 Å². The lowest BCUT2D eigenvalue weighted by Gasteiger charge is -2.40. The summed E-state index contributed by atoms with van der Waals surface area (Å²) in [7, 11) is 0.325. The average Bonchev–Trinajstić information content (AvgIpc) is 2.96. The highest BCUT2D eigenvalue weighted by Gasteiger charge is 2.38. The first kappa shape index (κ1) is 49.6. The summed E-state index contributed by atoms with van der Waals surface area (Å²) < 4.78 is 0. The molecule has 3 rings (SSSR count). The Morgan fingerprint density at radius 1 is 0.298 bits per heavy atom. The van der Waals surface area contributed by atoms with E-state index in [4.69, 9.17) is 0 Å². The number of rotatable bonds is 4. The van der Waals surface area contributed by atoms with Crippen molar-refractivity contribution >= 4 is 37.6 Å². The molecule has 0 nitrogen and oxygen atoms in total. The molecule has 0 fully saturated rings. The molecule has 0 atom stereocenters. The average molecular weight is 811 g/mol. The number of hydrogen-bond acceptors (Lipinski definition) is 0. The topological polar surface area (TPSA) is 0 Å². The van der Waals surface area contributed by atoms with Crippen LogP contribution in [-0.2, 0) is 48.7 Å². The third-order valence-electron chi connectivity index (χ3n) is 11.6. The van der Waals surface area contributed by atoms with Crippen molar-refractivity contribution in [1.82, 2.24) is 0 Å². The van der Waals surface area contributed by atoms with Gasteiger partial charge in [-0.2, -0.15) is 0 Å². The molecule has 318 valence electrons. The molecule has 0 aliphatic heterocycles. The van der Waals surface area contributed by atoms with Crippen molar-refractivity contribution in [1.29, 1.82) is 0 Å². The molecule has 0 amide bonds. The van der Waals surface area contributed by atoms with E-state index < -0.39 is 7.92 Å². The molecule has 0 bridgehead atoms. The lowest BCUT2D eigenvalue weighted by atomic mass is 9.75. The van der Waals surface area contributed by atoms with Crippen LogP contribution in [0.15, 0.2) is 36.4 Å². The van der Waals surface area contributed by atoms with Crippen LogP contribution in [0, 0.1) is 0 Å². The Hall–Kier alpha value is -1.74. The van der Waals surface area contributed by atoms with Crippen LogP contribution >= 0.6 is 16.1 Å². The highest BCUT2D eigenvalue weighted by molar-refractivity contribution is 7.93. The van der Waals surface area contributed by atoms with E-state index in [1.807, 2.05) is 0 Å². The molecule has 0 aliphatic carbocycles. The van der Waals surface area contributed by atoms with Crippen molar-refractivity contribution in [2.45, 2.75) is 236 Å². The highest BCUT2D eigenvalue weighted by Crippen LogP contribution is 2.49. The molecule has 0 aromatic heterocycles. The summed E-state index contributed by atoms with van der Waals surface area (Å²) in [6, 6.07) is 15.6. The van der Waals surface area contributed by atoms with E-state index in [0.29, 0.717) is 0 Å². The van der Waals surface area contributed by atoms with Crippen molar-refractivity contribution in [3.05, 3.63) is 86.5 Å². The molecule has 0 heterocycles. The monoisotopic (exact) mass is 811 g/mol. The summed E-state index contributed by atoms with van der Waals surface area (Å²) in [5.41, 5.74) is 16.0. The van der Waals surface area contributed by atoms with E-state index >= 15 is 0 Å². The summed E-state index contributed by atoms with van der Waals surface area (Å²) in [4.78, 5) is 0. The second-order valence-electron chi connectivity index (χ2n) is 26.6. The minimum absolute atomic E-state index is 0.0107. The molecule has 3 aromatic carbocycles. The van der Waals surface area contributed by atoms with Gasteiger partial charge in [0.25, 0.3) is 0 Å². The van der Waals surface area contributed by atoms with Crippen molar-refractivity contribution in [2.75, 3.05) is 0 Å². The Kier molecular flexibility index (Phi) is 13.6. The maximum Gasteiger partial charge on any atom is 0.00933 e. The molecule has 3 aromatic rings. The molecule has 0 N–H and O–H groups in total. The first-order valence-electron chi connectivity index (χ1n) is 21.9. The zero-order chi connectivity index (χ0) is 44.7. The minimum Gasteiger partial charge on any atom is -0.0666 e. The summed E-state index contributed by atoms with van der Waals surface area (Å²) in [5.74, 6) is 0. The lowest BCUT2D eigenvalue weighted by Crippen LogP contribution is -2.38. The van der Waals surface area contributed by atoms with Crippen molar-refractivity contribution in [2.24, 2.45) is 0 Å². The van der Waals surface area contributed by atoms with Crippen LogP contribution in [0.1, 0.15) is 237 Å². The molecular formula is C55H88P2. The molecule has 0 saturated carbocycles. The predicted molar refractivity (Wildman–Crippen MR) is 266 cm³/mol. The Morgan fingerprint density at radius 2 is 0.491 bits per heavy atom. The van der Waals surface area contributed by atoms with E-state index in [-0.39, 0.29) is 48.7 Å². The maximum atomic E-state index is 2.82. The van der Waals surface area contributed by atoms with E-state index in [1.54, 1.807) is 10.6 Å². The lowest BCUT2D eigenvalue weighted by molar-refractivity contribution is 0.552. The van der Waals surface area contributed by atoms with E-state index in [9.17, 15) is 0 Å². The van der Waals surface area contributed by atoms with Gasteiger partial charge in [0, 0.05) is 5.30 Å². The molecule has 0 saturated heterocycles. The minimum atomic E-state index is -0.975. The van der Waals surface area contributed by atoms with E-state index in [0.717, 1.165) is 0 Å². The molecule has 57 heavy (non-hydrogen) atoms. The summed E-state index contributed by atoms with van der Waals surface area (Å²) in [6.07, 6.45) is 0. The van der Waals surface area contributed by atoms with Crippen LogP contribution in [0.5, 0.6) is 0 Å². The Balaban J connectivity index is 2.91. The van der Waals surface area contributed by atoms with Gasteiger partial charge in [-0.15, -0.1) is 0 Å². The summed E-state index contributed by atoms with van der Waals surface area (Å²) >= 11 is 0. The van der Waals surface area contributed by atoms with Gasteiger partial charge in [0.05, 0.1) is 0 Å². The van der Waals surface area contributed by atoms with Crippen LogP contribution in [0.2, 0.25) is 0 Å². The van der Waals surface area contributed by atoms with Crippen LogP contribution < -0.4 is 15.9 Å². The SMILES string of the molecule is CC(C)(C)c1cc(C(C)(C)C)c(P=CP(c2c(C(C)(C)C)cc(C(C)(C)C)cc2C(C)(C)C)c2c(C(C)(C)C)cc(C(C)(C)C)cc2C(C)(C)C)c(C(C)(C)C)c1. The first-order valence-corrected chi connectivity index (χ1v) is 24.3. The first-order chi connectivity index (χ1) is 25.0. The van der Waals surface area contributed by atoms with Gasteiger partial charge in [-0.3, -0.25) is 0 Å². The quantitative estimate of drug-likeness (QED) is 0.230. The number of hydrogen-bond donors (Lipinski definition) is 0. The Morgan fingerprint density at radius 3 is 0.667 bits per heavy atom. The van der Waals surface area contributed by atoms with E-state index in [2.05, 4.69) is 229 Å². The van der Waals surface area contributed by atoms with Crippen molar-refractivity contribution < 1.29 is 0 Å². The molecule has 0 aliphatic rings. The van der Waals surface area contributed by atoms with Crippen LogP contribution in [-0.4, -0.2) is 5.54 Å². The Bertz CT molecular complexity index is 1750. The second-order valence-corrected chi connectivity index (χ2v) is 29.9. The second kappa shape index (κ2) is 15.6. The summed E-state index contributed by atoms with van der Waals surface area (Å²) in [5, 5.41) is 4.65. The zero-order valence-corrected chi connectivity index (χ0v) is 44.2. The normalized spacial score (nSPS) is 14.7. The third kappa shape index (κ3) is 11.6. The van der Waals surface area contributed by atoms with Crippen molar-refractivity contribution in [3.63, 3.8) is 0 Å². The molecule has 0 radical (unpaired) electrons. The largest absolute Gasteiger partial charge is 0.0666 e. The number of benzene rings is 3. The van der Waals surface area contributed by atoms with Gasteiger partial charge in [-0.1, -0.05) is 232 Å². The van der Waals surface area contributed by atoms with Gasteiger partial charge in [-0.25, -0.2) is 0 Å². The van der Waals surface area contributed by atoms with Crippen LogP contribution in [0.4, 0.5) is 0 Å². The van der Waals surface area contributed by atoms with Crippen LogP contribution in [0.3, 0.4) is 0 Å². The van der Waals surface area contributed by atoms with Gasteiger partial charge < -0.3 is 0 Å². The van der Waals surface area contributed by atoms with Crippen LogP contribution in [0.25, 0.3) is 0 Å². The zero-order valence-electron chi connectivity index (χ0n) is 42.4. The van der Waals surface area contributed by atoms with Crippen molar-refractivity contribution in [3.8, 4) is 0 Å². The fourth-order valence-electron chi connectivity index (χ4n) is 7.63. The maximum absolute atomic E-state index is 2.82. The standard InChI is InChI=1S/C55H88P2/c1-47(2,3)35-28-38(50(10,11)12)44(39(29-35)51(13,14)15)56-34-57(45-40(52(16,17)18)30-36(48(4,5)6)31-41(45)53(19,20)21)46-42(54(22,23)24)32-37(49(7,8)9)33-43(46)55(25,26)27/h28-34H,1-27H3. The Labute approximate surface area is 358 Å². The van der Waals surface area contributed by atoms with E-state index in [1.165, 1.54) is 63.6 Å². The molecular weight excluding hydrogens is 723 g/mol.